The Hall–Kier alpha value is -1.27. The van der Waals surface area contributed by atoms with E-state index in [1.165, 1.54) is 0 Å². The van der Waals surface area contributed by atoms with Crippen molar-refractivity contribution < 1.29 is 5.11 Å². The molecule has 0 aliphatic carbocycles. The van der Waals surface area contributed by atoms with Gasteiger partial charge >= 0.3 is 0 Å². The van der Waals surface area contributed by atoms with E-state index in [0.29, 0.717) is 12.2 Å². The summed E-state index contributed by atoms with van der Waals surface area (Å²) >= 11 is 0. The van der Waals surface area contributed by atoms with E-state index in [9.17, 15) is 0 Å². The van der Waals surface area contributed by atoms with Crippen LogP contribution in [0.3, 0.4) is 0 Å². The van der Waals surface area contributed by atoms with Crippen molar-refractivity contribution in [2.45, 2.75) is 20.1 Å². The van der Waals surface area contributed by atoms with Crippen LogP contribution in [0.1, 0.15) is 12.6 Å². The molecule has 0 bridgehead atoms. The number of aliphatic hydroxyl groups excluding tert-OH is 1. The first kappa shape index (κ1) is 7.83. The summed E-state index contributed by atoms with van der Waals surface area (Å²) < 4.78 is 1.84. The van der Waals surface area contributed by atoms with Gasteiger partial charge in [-0.2, -0.15) is 0 Å². The highest BCUT2D eigenvalue weighted by atomic mass is 16.3. The lowest BCUT2D eigenvalue weighted by Crippen LogP contribution is -1.90. The second-order valence-electron chi connectivity index (χ2n) is 2.12. The molecule has 0 fully saturated rings. The van der Waals surface area contributed by atoms with Crippen molar-refractivity contribution in [3.8, 4) is 11.8 Å². The minimum Gasteiger partial charge on any atom is -0.390 e. The zero-order chi connectivity index (χ0) is 8.10. The Morgan fingerprint density at radius 1 is 1.73 bits per heavy atom. The molecule has 3 heteroatoms. The van der Waals surface area contributed by atoms with Gasteiger partial charge in [-0.3, -0.25) is 0 Å². The number of rotatable bonds is 2. The number of hydrogen-bond acceptors (Lipinski definition) is 2. The minimum atomic E-state index is -0.00739. The van der Waals surface area contributed by atoms with Crippen LogP contribution in [0.15, 0.2) is 12.5 Å². The SMILES string of the molecule is CC#CCn1cnc(CO)c1. The summed E-state index contributed by atoms with van der Waals surface area (Å²) in [5.74, 6) is 5.68. The molecule has 3 nitrogen and oxygen atoms in total. The second kappa shape index (κ2) is 3.79. The predicted molar refractivity (Wildman–Crippen MR) is 41.6 cm³/mol. The third-order valence-electron chi connectivity index (χ3n) is 1.29. The Labute approximate surface area is 65.7 Å². The van der Waals surface area contributed by atoms with Crippen molar-refractivity contribution in [2.75, 3.05) is 0 Å². The molecule has 0 aliphatic rings. The lowest BCUT2D eigenvalue weighted by Gasteiger charge is -1.89. The molecular formula is C8H10N2O. The lowest BCUT2D eigenvalue weighted by atomic mass is 10.5. The van der Waals surface area contributed by atoms with Gasteiger partial charge < -0.3 is 9.67 Å². The van der Waals surface area contributed by atoms with Gasteiger partial charge in [0.05, 0.1) is 25.2 Å². The van der Waals surface area contributed by atoms with Gasteiger partial charge in [-0.25, -0.2) is 4.98 Å². The molecule has 1 heterocycles. The highest BCUT2D eigenvalue weighted by Crippen LogP contribution is 1.94. The van der Waals surface area contributed by atoms with E-state index in [0.717, 1.165) is 0 Å². The number of aliphatic hydroxyl groups is 1. The molecule has 11 heavy (non-hydrogen) atoms. The predicted octanol–water partition coefficient (Wildman–Crippen LogP) is 0.399. The molecule has 0 radical (unpaired) electrons. The van der Waals surface area contributed by atoms with Crippen LogP contribution in [0.2, 0.25) is 0 Å². The fourth-order valence-corrected chi connectivity index (χ4v) is 0.745. The highest BCUT2D eigenvalue weighted by molar-refractivity contribution is 5.00. The quantitative estimate of drug-likeness (QED) is 0.620. The Morgan fingerprint density at radius 3 is 3.09 bits per heavy atom. The molecule has 0 atom stereocenters. The van der Waals surface area contributed by atoms with E-state index < -0.39 is 0 Å². The van der Waals surface area contributed by atoms with Gasteiger partial charge in [-0.1, -0.05) is 5.92 Å². The van der Waals surface area contributed by atoms with Gasteiger partial charge in [0.15, 0.2) is 0 Å². The van der Waals surface area contributed by atoms with Crippen LogP contribution < -0.4 is 0 Å². The zero-order valence-corrected chi connectivity index (χ0v) is 6.41. The lowest BCUT2D eigenvalue weighted by molar-refractivity contribution is 0.277. The largest absolute Gasteiger partial charge is 0.390 e. The molecule has 0 saturated carbocycles. The normalized spacial score (nSPS) is 8.91. The van der Waals surface area contributed by atoms with Crippen LogP contribution in [0.25, 0.3) is 0 Å². The van der Waals surface area contributed by atoms with Crippen LogP contribution in [-0.4, -0.2) is 14.7 Å². The molecule has 0 spiro atoms. The second-order valence-corrected chi connectivity index (χ2v) is 2.12. The molecule has 1 rings (SSSR count). The van der Waals surface area contributed by atoms with Gasteiger partial charge in [-0.15, -0.1) is 5.92 Å². The summed E-state index contributed by atoms with van der Waals surface area (Å²) in [4.78, 5) is 3.93. The van der Waals surface area contributed by atoms with Crippen molar-refractivity contribution >= 4 is 0 Å². The zero-order valence-electron chi connectivity index (χ0n) is 6.41. The van der Waals surface area contributed by atoms with Crippen molar-refractivity contribution in [3.63, 3.8) is 0 Å². The van der Waals surface area contributed by atoms with E-state index in [1.54, 1.807) is 19.4 Å². The summed E-state index contributed by atoms with van der Waals surface area (Å²) in [5.41, 5.74) is 0.683. The molecular weight excluding hydrogens is 140 g/mol. The van der Waals surface area contributed by atoms with Crippen LogP contribution in [0, 0.1) is 11.8 Å². The van der Waals surface area contributed by atoms with Crippen molar-refractivity contribution in [1.82, 2.24) is 9.55 Å². The molecule has 58 valence electrons. The average Bonchev–Trinajstić information content (AvgIpc) is 2.48. The van der Waals surface area contributed by atoms with Crippen molar-refractivity contribution in [3.05, 3.63) is 18.2 Å². The van der Waals surface area contributed by atoms with Crippen molar-refractivity contribution in [1.29, 1.82) is 0 Å². The number of nitrogens with zero attached hydrogens (tertiary/aromatic N) is 2. The van der Waals surface area contributed by atoms with Crippen molar-refractivity contribution in [2.24, 2.45) is 0 Å². The maximum absolute atomic E-state index is 8.66. The maximum atomic E-state index is 8.66. The van der Waals surface area contributed by atoms with E-state index in [1.807, 2.05) is 4.57 Å². The molecule has 1 aromatic rings. The fourth-order valence-electron chi connectivity index (χ4n) is 0.745. The van der Waals surface area contributed by atoms with Crippen LogP contribution in [0.5, 0.6) is 0 Å². The minimum absolute atomic E-state index is 0.00739. The van der Waals surface area contributed by atoms with Crippen LogP contribution in [-0.2, 0) is 13.2 Å². The summed E-state index contributed by atoms with van der Waals surface area (Å²) in [6.45, 7) is 2.43. The van der Waals surface area contributed by atoms with E-state index in [-0.39, 0.29) is 6.61 Å². The Bertz CT molecular complexity index is 280. The first-order valence-corrected chi connectivity index (χ1v) is 3.38. The van der Waals surface area contributed by atoms with Crippen LogP contribution in [0.4, 0.5) is 0 Å². The van der Waals surface area contributed by atoms with Gasteiger partial charge in [-0.05, 0) is 6.92 Å². The Kier molecular flexibility index (Phi) is 2.70. The van der Waals surface area contributed by atoms with Gasteiger partial charge in [0.25, 0.3) is 0 Å². The van der Waals surface area contributed by atoms with Gasteiger partial charge in [0.2, 0.25) is 0 Å². The standard InChI is InChI=1S/C8H10N2O/c1-2-3-4-10-5-8(6-11)9-7-10/h5,7,11H,4,6H2,1H3. The van der Waals surface area contributed by atoms with Gasteiger partial charge in [0.1, 0.15) is 0 Å². The molecule has 0 saturated heterocycles. The fraction of sp³-hybridized carbons (Fsp3) is 0.375. The topological polar surface area (TPSA) is 38.0 Å². The number of aromatic nitrogens is 2. The maximum Gasteiger partial charge on any atom is 0.0959 e. The average molecular weight is 150 g/mol. The molecule has 0 amide bonds. The summed E-state index contributed by atoms with van der Waals surface area (Å²) in [7, 11) is 0. The Morgan fingerprint density at radius 2 is 2.55 bits per heavy atom. The smallest absolute Gasteiger partial charge is 0.0959 e. The number of imidazole rings is 1. The van der Waals surface area contributed by atoms with E-state index in [2.05, 4.69) is 16.8 Å². The van der Waals surface area contributed by atoms with Gasteiger partial charge in [0, 0.05) is 6.20 Å². The summed E-state index contributed by atoms with van der Waals surface area (Å²) in [5, 5.41) is 8.66. The third kappa shape index (κ3) is 2.10. The van der Waals surface area contributed by atoms with Crippen LogP contribution >= 0.6 is 0 Å². The molecule has 1 aromatic heterocycles. The third-order valence-corrected chi connectivity index (χ3v) is 1.29. The first-order valence-electron chi connectivity index (χ1n) is 3.38. The highest BCUT2D eigenvalue weighted by Gasteiger charge is 1.93. The molecule has 1 N–H and O–H groups in total. The summed E-state index contributed by atoms with van der Waals surface area (Å²) in [6, 6.07) is 0. The Balaban J connectivity index is 2.62. The van der Waals surface area contributed by atoms with E-state index in [4.69, 9.17) is 5.11 Å². The monoisotopic (exact) mass is 150 g/mol. The molecule has 0 unspecified atom stereocenters. The number of hydrogen-bond donors (Lipinski definition) is 1. The first-order chi connectivity index (χ1) is 5.36. The van der Waals surface area contributed by atoms with E-state index >= 15 is 0 Å². The molecule has 0 aromatic carbocycles. The molecule has 0 aliphatic heterocycles. The summed E-state index contributed by atoms with van der Waals surface area (Å²) in [6.07, 6.45) is 3.44.